The Morgan fingerprint density at radius 3 is 2.64 bits per heavy atom. The molecule has 2 atom stereocenters. The van der Waals surface area contributed by atoms with Gasteiger partial charge in [0.1, 0.15) is 12.4 Å². The SMILES string of the molecule is CCCCOC(=O)N1CC[C@@H](NC(=O)c2ccc(OCc3cc(C)nc4ccccc34)cc2)[C@@H](C(=O)NO)C1. The number of benzene rings is 2. The normalized spacial score (nSPS) is 16.9. The van der Waals surface area contributed by atoms with Crippen molar-refractivity contribution in [2.24, 2.45) is 5.92 Å². The van der Waals surface area contributed by atoms with Gasteiger partial charge < -0.3 is 19.7 Å². The number of piperidine rings is 1. The molecule has 0 radical (unpaired) electrons. The lowest BCUT2D eigenvalue weighted by Gasteiger charge is -2.37. The second kappa shape index (κ2) is 13.1. The fourth-order valence-electron chi connectivity index (χ4n) is 4.66. The minimum absolute atomic E-state index is 0.0260. The molecule has 0 spiro atoms. The summed E-state index contributed by atoms with van der Waals surface area (Å²) in [6, 6.07) is 16.1. The number of rotatable bonds is 9. The van der Waals surface area contributed by atoms with Crippen LogP contribution in [-0.4, -0.2) is 58.7 Å². The van der Waals surface area contributed by atoms with Crippen molar-refractivity contribution in [3.63, 3.8) is 0 Å². The van der Waals surface area contributed by atoms with E-state index in [-0.39, 0.29) is 12.5 Å². The van der Waals surface area contributed by atoms with E-state index in [9.17, 15) is 19.6 Å². The van der Waals surface area contributed by atoms with Gasteiger partial charge in [-0.1, -0.05) is 31.5 Å². The number of pyridine rings is 1. The van der Waals surface area contributed by atoms with E-state index in [2.05, 4.69) is 10.3 Å². The summed E-state index contributed by atoms with van der Waals surface area (Å²) >= 11 is 0. The maximum atomic E-state index is 13.0. The van der Waals surface area contributed by atoms with E-state index >= 15 is 0 Å². The van der Waals surface area contributed by atoms with Gasteiger partial charge >= 0.3 is 6.09 Å². The molecule has 0 bridgehead atoms. The molecule has 2 heterocycles. The molecule has 0 aliphatic carbocycles. The van der Waals surface area contributed by atoms with E-state index in [0.717, 1.165) is 35.0 Å². The number of hydrogen-bond acceptors (Lipinski definition) is 7. The van der Waals surface area contributed by atoms with E-state index in [1.165, 1.54) is 4.90 Å². The number of nitrogens with one attached hydrogen (secondary N) is 2. The monoisotopic (exact) mass is 534 g/mol. The molecule has 2 aromatic carbocycles. The van der Waals surface area contributed by atoms with Gasteiger partial charge in [-0.3, -0.25) is 19.8 Å². The molecule has 1 saturated heterocycles. The number of nitrogens with zero attached hydrogens (tertiary/aromatic N) is 2. The third-order valence-electron chi connectivity index (χ3n) is 6.80. The van der Waals surface area contributed by atoms with Crippen LogP contribution in [0.25, 0.3) is 10.9 Å². The molecule has 39 heavy (non-hydrogen) atoms. The van der Waals surface area contributed by atoms with Crippen LogP contribution in [0.5, 0.6) is 5.75 Å². The van der Waals surface area contributed by atoms with Crippen LogP contribution < -0.4 is 15.5 Å². The van der Waals surface area contributed by atoms with E-state index in [4.69, 9.17) is 9.47 Å². The maximum Gasteiger partial charge on any atom is 0.409 e. The van der Waals surface area contributed by atoms with Crippen molar-refractivity contribution < 1.29 is 29.1 Å². The predicted molar refractivity (Wildman–Crippen MR) is 144 cm³/mol. The topological polar surface area (TPSA) is 130 Å². The molecule has 1 aliphatic heterocycles. The molecule has 206 valence electrons. The minimum Gasteiger partial charge on any atom is -0.489 e. The fraction of sp³-hybridized carbons (Fsp3) is 0.379. The second-order valence-corrected chi connectivity index (χ2v) is 9.62. The zero-order chi connectivity index (χ0) is 27.8. The van der Waals surface area contributed by atoms with Gasteiger partial charge in [0.15, 0.2) is 0 Å². The van der Waals surface area contributed by atoms with Crippen molar-refractivity contribution in [1.82, 2.24) is 20.7 Å². The van der Waals surface area contributed by atoms with Gasteiger partial charge in [-0.2, -0.15) is 0 Å². The first-order chi connectivity index (χ1) is 18.9. The van der Waals surface area contributed by atoms with Gasteiger partial charge in [0.2, 0.25) is 5.91 Å². The molecule has 10 heteroatoms. The number of ether oxygens (including phenoxy) is 2. The average molecular weight is 535 g/mol. The second-order valence-electron chi connectivity index (χ2n) is 9.62. The Hall–Kier alpha value is -4.18. The van der Waals surface area contributed by atoms with Gasteiger partial charge in [-0.25, -0.2) is 10.3 Å². The molecule has 0 unspecified atom stereocenters. The number of likely N-dealkylation sites (tertiary alicyclic amines) is 1. The van der Waals surface area contributed by atoms with Crippen LogP contribution in [0, 0.1) is 12.8 Å². The number of carbonyl (C=O) groups is 3. The summed E-state index contributed by atoms with van der Waals surface area (Å²) < 4.78 is 11.2. The van der Waals surface area contributed by atoms with Gasteiger partial charge in [0.25, 0.3) is 5.91 Å². The first-order valence-corrected chi connectivity index (χ1v) is 13.1. The van der Waals surface area contributed by atoms with Gasteiger partial charge in [-0.15, -0.1) is 0 Å². The lowest BCUT2D eigenvalue weighted by Crippen LogP contribution is -2.56. The summed E-state index contributed by atoms with van der Waals surface area (Å²) in [5.74, 6) is -1.25. The van der Waals surface area contributed by atoms with E-state index in [1.807, 2.05) is 44.2 Å². The van der Waals surface area contributed by atoms with Crippen molar-refractivity contribution in [3.05, 3.63) is 71.4 Å². The van der Waals surface area contributed by atoms with Crippen LogP contribution in [0.15, 0.2) is 54.6 Å². The average Bonchev–Trinajstić information content (AvgIpc) is 2.95. The van der Waals surface area contributed by atoms with Crippen molar-refractivity contribution in [2.75, 3.05) is 19.7 Å². The molecule has 4 rings (SSSR count). The highest BCUT2D eigenvalue weighted by Crippen LogP contribution is 2.22. The molecule has 1 fully saturated rings. The van der Waals surface area contributed by atoms with Crippen molar-refractivity contribution >= 4 is 28.8 Å². The first-order valence-electron chi connectivity index (χ1n) is 13.1. The molecule has 3 amide bonds. The smallest absolute Gasteiger partial charge is 0.409 e. The van der Waals surface area contributed by atoms with Crippen LogP contribution in [0.3, 0.4) is 0 Å². The molecule has 10 nitrogen and oxygen atoms in total. The maximum absolute atomic E-state index is 13.0. The van der Waals surface area contributed by atoms with E-state index in [0.29, 0.717) is 37.5 Å². The number of para-hydroxylation sites is 1. The zero-order valence-corrected chi connectivity index (χ0v) is 22.2. The summed E-state index contributed by atoms with van der Waals surface area (Å²) in [5, 5.41) is 13.1. The number of carbonyl (C=O) groups excluding carboxylic acids is 3. The van der Waals surface area contributed by atoms with Gasteiger partial charge in [0.05, 0.1) is 18.0 Å². The van der Waals surface area contributed by atoms with Crippen molar-refractivity contribution in [1.29, 1.82) is 0 Å². The summed E-state index contributed by atoms with van der Waals surface area (Å²) in [7, 11) is 0. The molecule has 3 N–H and O–H groups in total. The molecule has 1 aliphatic rings. The Kier molecular flexibility index (Phi) is 9.32. The van der Waals surface area contributed by atoms with Crippen LogP contribution in [0.1, 0.15) is 47.8 Å². The summed E-state index contributed by atoms with van der Waals surface area (Å²) in [6.07, 6.45) is 1.48. The highest BCUT2D eigenvalue weighted by Gasteiger charge is 2.37. The zero-order valence-electron chi connectivity index (χ0n) is 22.2. The minimum atomic E-state index is -0.826. The number of fused-ring (bicyclic) bond motifs is 1. The Labute approximate surface area is 227 Å². The molecular weight excluding hydrogens is 500 g/mol. The highest BCUT2D eigenvalue weighted by atomic mass is 16.6. The number of hydrogen-bond donors (Lipinski definition) is 3. The number of aromatic nitrogens is 1. The molecule has 0 saturated carbocycles. The Morgan fingerprint density at radius 2 is 1.90 bits per heavy atom. The molecular formula is C29H34N4O6. The molecule has 1 aromatic heterocycles. The standard InChI is InChI=1S/C29H34N4O6/c1-3-4-15-38-29(36)33-14-13-26(24(17-33)28(35)32-37)31-27(34)20-9-11-22(12-10-20)39-18-21-16-19(2)30-25-8-6-5-7-23(21)25/h5-12,16,24,26,37H,3-4,13-15,17-18H2,1-2H3,(H,31,34)(H,32,35)/t24-,26+/m0/s1. The Bertz CT molecular complexity index is 1310. The number of amides is 3. The van der Waals surface area contributed by atoms with E-state index in [1.54, 1.807) is 29.7 Å². The Balaban J connectivity index is 1.36. The van der Waals surface area contributed by atoms with Crippen LogP contribution in [-0.2, 0) is 16.1 Å². The third-order valence-corrected chi connectivity index (χ3v) is 6.80. The largest absolute Gasteiger partial charge is 0.489 e. The lowest BCUT2D eigenvalue weighted by atomic mass is 9.91. The summed E-state index contributed by atoms with van der Waals surface area (Å²) in [6.45, 7) is 4.95. The van der Waals surface area contributed by atoms with Crippen molar-refractivity contribution in [2.45, 2.75) is 45.8 Å². The number of hydroxylamine groups is 1. The number of unbranched alkanes of at least 4 members (excludes halogenated alkanes) is 1. The van der Waals surface area contributed by atoms with Crippen LogP contribution >= 0.6 is 0 Å². The third kappa shape index (κ3) is 7.02. The quantitative estimate of drug-likeness (QED) is 0.215. The molecule has 3 aromatic rings. The van der Waals surface area contributed by atoms with E-state index < -0.39 is 24.0 Å². The van der Waals surface area contributed by atoms with Crippen LogP contribution in [0.2, 0.25) is 0 Å². The number of aryl methyl sites for hydroxylation is 1. The van der Waals surface area contributed by atoms with Gasteiger partial charge in [-0.05, 0) is 56.2 Å². The van der Waals surface area contributed by atoms with Gasteiger partial charge in [0, 0.05) is 41.3 Å². The predicted octanol–water partition coefficient (Wildman–Crippen LogP) is 3.98. The first kappa shape index (κ1) is 27.8. The lowest BCUT2D eigenvalue weighted by molar-refractivity contribution is -0.135. The highest BCUT2D eigenvalue weighted by molar-refractivity contribution is 5.95. The van der Waals surface area contributed by atoms with Crippen molar-refractivity contribution in [3.8, 4) is 5.75 Å². The summed E-state index contributed by atoms with van der Waals surface area (Å²) in [5.41, 5.74) is 4.89. The summed E-state index contributed by atoms with van der Waals surface area (Å²) in [4.78, 5) is 43.7. The van der Waals surface area contributed by atoms with Crippen LogP contribution in [0.4, 0.5) is 4.79 Å². The fourth-order valence-corrected chi connectivity index (χ4v) is 4.66. The Morgan fingerprint density at radius 1 is 1.13 bits per heavy atom.